The third kappa shape index (κ3) is 2.52. The molecule has 1 unspecified atom stereocenters. The molecule has 1 aromatic heterocycles. The number of aliphatic hydroxyl groups excluding tert-OH is 1. The van der Waals surface area contributed by atoms with Crippen LogP contribution in [0.5, 0.6) is 0 Å². The lowest BCUT2D eigenvalue weighted by Gasteiger charge is -2.32. The van der Waals surface area contributed by atoms with Gasteiger partial charge in [-0.1, -0.05) is 0 Å². The van der Waals surface area contributed by atoms with Crippen LogP contribution >= 0.6 is 0 Å². The van der Waals surface area contributed by atoms with Crippen molar-refractivity contribution in [2.45, 2.75) is 51.9 Å². The molecule has 0 aliphatic carbocycles. The maximum Gasteiger partial charge on any atom is 0.517 e. The average Bonchev–Trinajstić information content (AvgIpc) is 2.47. The summed E-state index contributed by atoms with van der Waals surface area (Å²) in [5, 5.41) is 9.40. The second-order valence-electron chi connectivity index (χ2n) is 5.90. The molecule has 0 radical (unpaired) electrons. The Kier molecular flexibility index (Phi) is 3.45. The summed E-state index contributed by atoms with van der Waals surface area (Å²) in [5.41, 5.74) is -0.524. The monoisotopic (exact) mass is 267 g/mol. The van der Waals surface area contributed by atoms with E-state index in [9.17, 15) is 9.50 Å². The van der Waals surface area contributed by atoms with Crippen LogP contribution in [0.2, 0.25) is 0 Å². The van der Waals surface area contributed by atoms with Crippen molar-refractivity contribution in [3.63, 3.8) is 0 Å². The standard InChI is InChI=1S/C13H19BFNO3/c1-8(17)9-6-10(15)11(16-7-9)14-18-12(2,3)13(4,5)19-14/h6-8,17H,1-5H3. The molecule has 0 amide bonds. The minimum atomic E-state index is -0.826. The molecule has 4 nitrogen and oxygen atoms in total. The first-order chi connectivity index (χ1) is 8.64. The zero-order chi connectivity index (χ0) is 14.4. The quantitative estimate of drug-likeness (QED) is 0.826. The van der Waals surface area contributed by atoms with Crippen molar-refractivity contribution in [1.29, 1.82) is 0 Å². The van der Waals surface area contributed by atoms with Crippen molar-refractivity contribution < 1.29 is 18.8 Å². The number of pyridine rings is 1. The van der Waals surface area contributed by atoms with E-state index >= 15 is 0 Å². The Morgan fingerprint density at radius 1 is 1.26 bits per heavy atom. The molecule has 19 heavy (non-hydrogen) atoms. The van der Waals surface area contributed by atoms with E-state index in [0.29, 0.717) is 5.56 Å². The van der Waals surface area contributed by atoms with Gasteiger partial charge >= 0.3 is 7.12 Å². The zero-order valence-electron chi connectivity index (χ0n) is 11.9. The van der Waals surface area contributed by atoms with Crippen LogP contribution in [0.25, 0.3) is 0 Å². The maximum atomic E-state index is 14.0. The van der Waals surface area contributed by atoms with Crippen LogP contribution in [0.3, 0.4) is 0 Å². The van der Waals surface area contributed by atoms with Gasteiger partial charge in [-0.05, 0) is 40.7 Å². The van der Waals surface area contributed by atoms with Gasteiger partial charge < -0.3 is 14.4 Å². The van der Waals surface area contributed by atoms with E-state index in [1.165, 1.54) is 12.3 Å². The van der Waals surface area contributed by atoms with Gasteiger partial charge in [0.1, 0.15) is 11.4 Å². The van der Waals surface area contributed by atoms with E-state index < -0.39 is 30.2 Å². The third-order valence-corrected chi connectivity index (χ3v) is 3.85. The molecule has 0 aromatic carbocycles. The minimum Gasteiger partial charge on any atom is -0.398 e. The molecule has 1 fully saturated rings. The van der Waals surface area contributed by atoms with Crippen LogP contribution in [0.1, 0.15) is 46.3 Å². The van der Waals surface area contributed by atoms with E-state index in [2.05, 4.69) is 4.98 Å². The molecule has 6 heteroatoms. The lowest BCUT2D eigenvalue weighted by Crippen LogP contribution is -2.41. The van der Waals surface area contributed by atoms with Gasteiger partial charge in [0.05, 0.1) is 17.3 Å². The smallest absolute Gasteiger partial charge is 0.398 e. The summed E-state index contributed by atoms with van der Waals surface area (Å²) in [5.74, 6) is -0.531. The molecule has 2 rings (SSSR count). The van der Waals surface area contributed by atoms with Gasteiger partial charge in [-0.3, -0.25) is 4.98 Å². The molecule has 1 aliphatic heterocycles. The molecule has 0 spiro atoms. The van der Waals surface area contributed by atoms with E-state index in [1.54, 1.807) is 6.92 Å². The highest BCUT2D eigenvalue weighted by molar-refractivity contribution is 6.61. The van der Waals surface area contributed by atoms with Crippen LogP contribution in [0.4, 0.5) is 4.39 Å². The van der Waals surface area contributed by atoms with Crippen LogP contribution in [0, 0.1) is 5.82 Å². The largest absolute Gasteiger partial charge is 0.517 e. The molecule has 2 heterocycles. The molecule has 1 aliphatic rings. The molecule has 0 saturated carbocycles. The van der Waals surface area contributed by atoms with E-state index in [4.69, 9.17) is 9.31 Å². The van der Waals surface area contributed by atoms with Crippen molar-refractivity contribution in [2.24, 2.45) is 0 Å². The van der Waals surface area contributed by atoms with Gasteiger partial charge in [0.25, 0.3) is 0 Å². The normalized spacial score (nSPS) is 22.6. The Labute approximate surface area is 113 Å². The number of aliphatic hydroxyl groups is 1. The summed E-state index contributed by atoms with van der Waals surface area (Å²) < 4.78 is 25.5. The summed E-state index contributed by atoms with van der Waals surface area (Å²) in [6.07, 6.45) is 0.683. The Bertz CT molecular complexity index is 475. The highest BCUT2D eigenvalue weighted by Crippen LogP contribution is 2.36. The number of nitrogens with zero attached hydrogens (tertiary/aromatic N) is 1. The maximum absolute atomic E-state index is 14.0. The summed E-state index contributed by atoms with van der Waals surface area (Å²) in [6.45, 7) is 9.15. The van der Waals surface area contributed by atoms with Gasteiger partial charge in [0.15, 0.2) is 0 Å². The second-order valence-corrected chi connectivity index (χ2v) is 5.90. The molecule has 1 saturated heterocycles. The number of hydrogen-bond donors (Lipinski definition) is 1. The first kappa shape index (κ1) is 14.4. The molecule has 0 bridgehead atoms. The van der Waals surface area contributed by atoms with Crippen LogP contribution in [-0.2, 0) is 9.31 Å². The minimum absolute atomic E-state index is 0.114. The van der Waals surface area contributed by atoms with Gasteiger partial charge in [-0.15, -0.1) is 0 Å². The fraction of sp³-hybridized carbons (Fsp3) is 0.615. The SMILES string of the molecule is CC(O)c1cnc(B2OC(C)(C)C(C)(C)O2)c(F)c1. The predicted octanol–water partition coefficient (Wildman–Crippen LogP) is 1.57. The van der Waals surface area contributed by atoms with Crippen molar-refractivity contribution >= 4 is 12.7 Å². The van der Waals surface area contributed by atoms with Gasteiger partial charge in [0.2, 0.25) is 0 Å². The van der Waals surface area contributed by atoms with Crippen molar-refractivity contribution in [3.05, 3.63) is 23.6 Å². The van der Waals surface area contributed by atoms with Crippen LogP contribution < -0.4 is 5.59 Å². The molecule has 1 aromatic rings. The first-order valence-corrected chi connectivity index (χ1v) is 6.33. The average molecular weight is 267 g/mol. The Hall–Kier alpha value is -0.975. The Morgan fingerprint density at radius 2 is 1.79 bits per heavy atom. The Balaban J connectivity index is 2.30. The number of rotatable bonds is 2. The number of aromatic nitrogens is 1. The second kappa shape index (κ2) is 4.54. The van der Waals surface area contributed by atoms with Gasteiger partial charge in [0, 0.05) is 11.8 Å². The van der Waals surface area contributed by atoms with Crippen molar-refractivity contribution in [1.82, 2.24) is 4.98 Å². The highest BCUT2D eigenvalue weighted by atomic mass is 19.1. The number of hydrogen-bond acceptors (Lipinski definition) is 4. The summed E-state index contributed by atoms with van der Waals surface area (Å²) in [7, 11) is -0.826. The zero-order valence-corrected chi connectivity index (χ0v) is 11.9. The van der Waals surface area contributed by atoms with Crippen molar-refractivity contribution in [3.8, 4) is 0 Å². The fourth-order valence-corrected chi connectivity index (χ4v) is 1.82. The van der Waals surface area contributed by atoms with E-state index in [1.807, 2.05) is 27.7 Å². The van der Waals surface area contributed by atoms with Crippen LogP contribution in [0.15, 0.2) is 12.3 Å². The summed E-state index contributed by atoms with van der Waals surface area (Å²) in [6, 6.07) is 1.26. The molecular weight excluding hydrogens is 248 g/mol. The summed E-state index contributed by atoms with van der Waals surface area (Å²) in [4.78, 5) is 4.03. The number of halogens is 1. The third-order valence-electron chi connectivity index (χ3n) is 3.85. The predicted molar refractivity (Wildman–Crippen MR) is 70.5 cm³/mol. The first-order valence-electron chi connectivity index (χ1n) is 6.33. The lowest BCUT2D eigenvalue weighted by atomic mass is 9.83. The fourth-order valence-electron chi connectivity index (χ4n) is 1.82. The Morgan fingerprint density at radius 3 is 2.21 bits per heavy atom. The molecule has 1 atom stereocenters. The summed E-state index contributed by atoms with van der Waals surface area (Å²) >= 11 is 0. The molecule has 1 N–H and O–H groups in total. The van der Waals surface area contributed by atoms with Crippen molar-refractivity contribution in [2.75, 3.05) is 0 Å². The molecule has 104 valence electrons. The van der Waals surface area contributed by atoms with Gasteiger partial charge in [-0.25, -0.2) is 4.39 Å². The van der Waals surface area contributed by atoms with E-state index in [0.717, 1.165) is 0 Å². The molecular formula is C13H19BFNO3. The van der Waals surface area contributed by atoms with Crippen LogP contribution in [-0.4, -0.2) is 28.4 Å². The van der Waals surface area contributed by atoms with E-state index in [-0.39, 0.29) is 5.59 Å². The van der Waals surface area contributed by atoms with Gasteiger partial charge in [-0.2, -0.15) is 0 Å². The lowest BCUT2D eigenvalue weighted by molar-refractivity contribution is 0.00578. The highest BCUT2D eigenvalue weighted by Gasteiger charge is 2.53. The topological polar surface area (TPSA) is 51.6 Å².